The molecule has 0 N–H and O–H groups in total. The molecule has 0 bridgehead atoms. The Kier molecular flexibility index (Phi) is 5.12. The van der Waals surface area contributed by atoms with E-state index in [1.54, 1.807) is 11.3 Å². The van der Waals surface area contributed by atoms with E-state index < -0.39 is 0 Å². The number of thiophene rings is 1. The van der Waals surface area contributed by atoms with Crippen molar-refractivity contribution >= 4 is 17.2 Å². The van der Waals surface area contributed by atoms with Crippen LogP contribution in [0.3, 0.4) is 0 Å². The van der Waals surface area contributed by atoms with E-state index in [1.165, 1.54) is 12.8 Å². The number of carbonyl (C=O) groups is 1. The van der Waals surface area contributed by atoms with Gasteiger partial charge in [0.25, 0.3) is 0 Å². The molecule has 0 unspecified atom stereocenters. The first-order valence-corrected chi connectivity index (χ1v) is 9.97. The van der Waals surface area contributed by atoms with Crippen LogP contribution in [0.25, 0.3) is 10.7 Å². The van der Waals surface area contributed by atoms with Gasteiger partial charge in [0.2, 0.25) is 17.6 Å². The van der Waals surface area contributed by atoms with Crippen molar-refractivity contribution < 1.29 is 14.1 Å². The van der Waals surface area contributed by atoms with E-state index in [1.807, 2.05) is 17.5 Å². The van der Waals surface area contributed by atoms with Gasteiger partial charge in [-0.05, 0) is 30.7 Å². The van der Waals surface area contributed by atoms with Gasteiger partial charge in [0.05, 0.1) is 23.6 Å². The minimum absolute atomic E-state index is 0.234. The van der Waals surface area contributed by atoms with E-state index in [2.05, 4.69) is 15.0 Å². The predicted molar refractivity (Wildman–Crippen MR) is 94.3 cm³/mol. The standard InChI is InChI=1S/C18H23N3O3S/c22-17(21-10-11-23-14-6-2-1-5-13(14)21)9-3-8-16-19-18(20-24-16)15-7-4-12-25-15/h4,7,12-14H,1-3,5-6,8-11H2/t13-,14+/m0/s1. The number of hydrogen-bond acceptors (Lipinski definition) is 6. The molecule has 1 amide bonds. The molecule has 4 rings (SSSR count). The zero-order chi connectivity index (χ0) is 17.1. The average Bonchev–Trinajstić information content (AvgIpc) is 3.32. The van der Waals surface area contributed by atoms with Gasteiger partial charge in [-0.3, -0.25) is 4.79 Å². The highest BCUT2D eigenvalue weighted by atomic mass is 32.1. The minimum atomic E-state index is 0.234. The molecule has 2 aromatic heterocycles. The summed E-state index contributed by atoms with van der Waals surface area (Å²) in [7, 11) is 0. The lowest BCUT2D eigenvalue weighted by atomic mass is 9.90. The lowest BCUT2D eigenvalue weighted by Crippen LogP contribution is -2.54. The molecule has 1 aliphatic heterocycles. The fourth-order valence-corrected chi connectivity index (χ4v) is 4.45. The summed E-state index contributed by atoms with van der Waals surface area (Å²) < 4.78 is 11.2. The molecule has 2 aromatic rings. The normalized spacial score (nSPS) is 23.4. The third-order valence-electron chi connectivity index (χ3n) is 5.04. The molecule has 3 heterocycles. The molecule has 2 atom stereocenters. The lowest BCUT2D eigenvalue weighted by molar-refractivity contribution is -0.149. The smallest absolute Gasteiger partial charge is 0.226 e. The molecule has 134 valence electrons. The van der Waals surface area contributed by atoms with Gasteiger partial charge in [0.1, 0.15) is 0 Å². The Bertz CT molecular complexity index is 698. The van der Waals surface area contributed by atoms with Gasteiger partial charge in [-0.15, -0.1) is 11.3 Å². The molecule has 2 aliphatic rings. The largest absolute Gasteiger partial charge is 0.374 e. The Hall–Kier alpha value is -1.73. The molecule has 1 saturated heterocycles. The van der Waals surface area contributed by atoms with Crippen molar-refractivity contribution in [2.75, 3.05) is 13.2 Å². The summed E-state index contributed by atoms with van der Waals surface area (Å²) in [6, 6.07) is 4.22. The van der Waals surface area contributed by atoms with E-state index in [0.29, 0.717) is 31.2 Å². The van der Waals surface area contributed by atoms with Gasteiger partial charge in [-0.25, -0.2) is 0 Å². The first-order chi connectivity index (χ1) is 12.3. The summed E-state index contributed by atoms with van der Waals surface area (Å²) in [5.74, 6) is 1.47. The molecular formula is C18H23N3O3S. The number of ether oxygens (including phenoxy) is 1. The highest BCUT2D eigenvalue weighted by Crippen LogP contribution is 2.29. The Balaban J connectivity index is 1.29. The fourth-order valence-electron chi connectivity index (χ4n) is 3.80. The summed E-state index contributed by atoms with van der Waals surface area (Å²) >= 11 is 1.59. The van der Waals surface area contributed by atoms with Crippen LogP contribution in [0.5, 0.6) is 0 Å². The number of rotatable bonds is 5. The highest BCUT2D eigenvalue weighted by Gasteiger charge is 2.36. The van der Waals surface area contributed by atoms with Crippen LogP contribution in [-0.4, -0.2) is 46.2 Å². The van der Waals surface area contributed by atoms with Crippen molar-refractivity contribution in [1.29, 1.82) is 0 Å². The SMILES string of the molecule is O=C(CCCc1nc(-c2cccs2)no1)N1CCO[C@@H]2CCCC[C@@H]21. The van der Waals surface area contributed by atoms with Crippen LogP contribution in [0, 0.1) is 0 Å². The first-order valence-electron chi connectivity index (χ1n) is 9.09. The third kappa shape index (κ3) is 3.77. The van der Waals surface area contributed by atoms with Crippen LogP contribution in [0.1, 0.15) is 44.4 Å². The maximum atomic E-state index is 12.6. The highest BCUT2D eigenvalue weighted by molar-refractivity contribution is 7.13. The van der Waals surface area contributed by atoms with E-state index in [-0.39, 0.29) is 18.1 Å². The molecule has 0 aromatic carbocycles. The monoisotopic (exact) mass is 361 g/mol. The van der Waals surface area contributed by atoms with Gasteiger partial charge in [-0.2, -0.15) is 4.98 Å². The molecule has 1 aliphatic carbocycles. The Labute approximate surface area is 151 Å². The average molecular weight is 361 g/mol. The Morgan fingerprint density at radius 3 is 3.16 bits per heavy atom. The molecule has 0 radical (unpaired) electrons. The molecule has 7 heteroatoms. The van der Waals surface area contributed by atoms with Gasteiger partial charge in [-0.1, -0.05) is 24.1 Å². The second-order valence-corrected chi connectivity index (χ2v) is 7.64. The predicted octanol–water partition coefficient (Wildman–Crippen LogP) is 3.29. The van der Waals surface area contributed by atoms with E-state index >= 15 is 0 Å². The molecule has 2 fully saturated rings. The second-order valence-electron chi connectivity index (χ2n) is 6.69. The van der Waals surface area contributed by atoms with Crippen LogP contribution in [0.2, 0.25) is 0 Å². The number of hydrogen-bond donors (Lipinski definition) is 0. The van der Waals surface area contributed by atoms with Crippen LogP contribution < -0.4 is 0 Å². The summed E-state index contributed by atoms with van der Waals surface area (Å²) in [6.07, 6.45) is 6.72. The fraction of sp³-hybridized carbons (Fsp3) is 0.611. The van der Waals surface area contributed by atoms with Crippen molar-refractivity contribution in [3.63, 3.8) is 0 Å². The Morgan fingerprint density at radius 1 is 1.36 bits per heavy atom. The van der Waals surface area contributed by atoms with E-state index in [9.17, 15) is 4.79 Å². The van der Waals surface area contributed by atoms with Crippen LogP contribution in [0.15, 0.2) is 22.0 Å². The topological polar surface area (TPSA) is 68.5 Å². The zero-order valence-corrected chi connectivity index (χ0v) is 15.0. The van der Waals surface area contributed by atoms with Gasteiger partial charge in [0, 0.05) is 19.4 Å². The number of aryl methyl sites for hydroxylation is 1. The first kappa shape index (κ1) is 16.7. The van der Waals surface area contributed by atoms with Crippen molar-refractivity contribution in [2.24, 2.45) is 0 Å². The maximum Gasteiger partial charge on any atom is 0.226 e. The van der Waals surface area contributed by atoms with Crippen LogP contribution in [0.4, 0.5) is 0 Å². The van der Waals surface area contributed by atoms with Gasteiger partial charge in [0.15, 0.2) is 0 Å². The lowest BCUT2D eigenvalue weighted by Gasteiger charge is -2.43. The maximum absolute atomic E-state index is 12.6. The summed E-state index contributed by atoms with van der Waals surface area (Å²) in [5.41, 5.74) is 0. The molecular weight excluding hydrogens is 338 g/mol. The summed E-state index contributed by atoms with van der Waals surface area (Å²) in [5, 5.41) is 6.00. The van der Waals surface area contributed by atoms with Gasteiger partial charge >= 0.3 is 0 Å². The number of morpholine rings is 1. The van der Waals surface area contributed by atoms with E-state index in [4.69, 9.17) is 9.26 Å². The van der Waals surface area contributed by atoms with Crippen molar-refractivity contribution in [1.82, 2.24) is 15.0 Å². The minimum Gasteiger partial charge on any atom is -0.374 e. The Morgan fingerprint density at radius 2 is 2.28 bits per heavy atom. The number of aromatic nitrogens is 2. The van der Waals surface area contributed by atoms with E-state index in [0.717, 1.165) is 30.7 Å². The van der Waals surface area contributed by atoms with Gasteiger partial charge < -0.3 is 14.2 Å². The zero-order valence-electron chi connectivity index (χ0n) is 14.2. The van der Waals surface area contributed by atoms with Crippen LogP contribution in [-0.2, 0) is 16.0 Å². The van der Waals surface area contributed by atoms with Crippen LogP contribution >= 0.6 is 11.3 Å². The van der Waals surface area contributed by atoms with Crippen molar-refractivity contribution in [3.05, 3.63) is 23.4 Å². The number of nitrogens with zero attached hydrogens (tertiary/aromatic N) is 3. The van der Waals surface area contributed by atoms with Crippen molar-refractivity contribution in [2.45, 2.75) is 57.1 Å². The summed E-state index contributed by atoms with van der Waals surface area (Å²) in [4.78, 5) is 20.1. The second kappa shape index (κ2) is 7.66. The number of fused-ring (bicyclic) bond motifs is 1. The molecule has 0 spiro atoms. The molecule has 1 saturated carbocycles. The summed E-state index contributed by atoms with van der Waals surface area (Å²) in [6.45, 7) is 1.39. The van der Waals surface area contributed by atoms with Crippen molar-refractivity contribution in [3.8, 4) is 10.7 Å². The molecule has 6 nitrogen and oxygen atoms in total. The molecule has 25 heavy (non-hydrogen) atoms. The number of amides is 1. The quantitative estimate of drug-likeness (QED) is 0.817. The number of carbonyl (C=O) groups excluding carboxylic acids is 1. The third-order valence-corrected chi connectivity index (χ3v) is 5.91.